The molecular weight excluding hydrogens is 571 g/mol. The number of para-hydroxylation sites is 2. The molecule has 7 aromatic carbocycles. The van der Waals surface area contributed by atoms with Crippen LogP contribution in [0.4, 0.5) is 22.7 Å². The minimum atomic E-state index is 0.643. The summed E-state index contributed by atoms with van der Waals surface area (Å²) in [5, 5.41) is 17.5. The summed E-state index contributed by atoms with van der Waals surface area (Å²) < 4.78 is 0. The van der Waals surface area contributed by atoms with Gasteiger partial charge in [0.05, 0.1) is 16.9 Å². The van der Waals surface area contributed by atoms with E-state index in [9.17, 15) is 5.26 Å². The molecule has 0 radical (unpaired) electrons. The van der Waals surface area contributed by atoms with Crippen LogP contribution in [0.15, 0.2) is 151 Å². The number of nitriles is 1. The van der Waals surface area contributed by atoms with E-state index in [1.54, 1.807) is 0 Å². The van der Waals surface area contributed by atoms with E-state index in [1.165, 1.54) is 73.2 Å². The van der Waals surface area contributed by atoms with Crippen LogP contribution in [0.25, 0.3) is 43.4 Å². The Kier molecular flexibility index (Phi) is 6.54. The van der Waals surface area contributed by atoms with Gasteiger partial charge >= 0.3 is 0 Å². The molecule has 9 rings (SSSR count). The second kappa shape index (κ2) is 11.2. The maximum Gasteiger partial charge on any atom is 0.101 e. The molecule has 7 aromatic rings. The van der Waals surface area contributed by atoms with E-state index in [1.807, 2.05) is 30.3 Å². The van der Waals surface area contributed by atoms with E-state index in [0.29, 0.717) is 5.56 Å². The molecule has 0 bridgehead atoms. The highest BCUT2D eigenvalue weighted by Gasteiger charge is 2.23. The van der Waals surface area contributed by atoms with E-state index < -0.39 is 0 Å². The topological polar surface area (TPSA) is 30.3 Å². The Hall–Kier alpha value is -5.85. The van der Waals surface area contributed by atoms with Crippen LogP contribution < -0.4 is 9.80 Å². The number of nitrogens with zero attached hydrogens (tertiary/aromatic N) is 3. The highest BCUT2D eigenvalue weighted by Crippen LogP contribution is 2.46. The maximum absolute atomic E-state index is 10.1. The SMILES string of the molecule is N#Cc1ccccc1N(c1ccccc1)c1ccc2ccc3c(-c4ccc(N5CCCC6=C5CCC=C6)cc4)ccc4ccc1c2c43. The molecule has 1 aliphatic carbocycles. The second-order valence-electron chi connectivity index (χ2n) is 12.6. The maximum atomic E-state index is 10.1. The molecule has 224 valence electrons. The molecule has 0 N–H and O–H groups in total. The zero-order valence-corrected chi connectivity index (χ0v) is 26.2. The molecule has 0 saturated heterocycles. The van der Waals surface area contributed by atoms with E-state index >= 15 is 0 Å². The lowest BCUT2D eigenvalue weighted by Crippen LogP contribution is -2.29. The molecular formula is C44H33N3. The van der Waals surface area contributed by atoms with E-state index in [0.717, 1.165) is 36.4 Å². The van der Waals surface area contributed by atoms with E-state index in [4.69, 9.17) is 0 Å². The first-order valence-electron chi connectivity index (χ1n) is 16.6. The third-order valence-corrected chi connectivity index (χ3v) is 10.0. The minimum absolute atomic E-state index is 0.643. The summed E-state index contributed by atoms with van der Waals surface area (Å²) in [6, 6.07) is 47.9. The van der Waals surface area contributed by atoms with Crippen molar-refractivity contribution in [2.75, 3.05) is 16.3 Å². The largest absolute Gasteiger partial charge is 0.345 e. The van der Waals surface area contributed by atoms with Gasteiger partial charge < -0.3 is 9.80 Å². The number of hydrogen-bond acceptors (Lipinski definition) is 3. The number of rotatable bonds is 5. The van der Waals surface area contributed by atoms with Crippen molar-refractivity contribution in [3.8, 4) is 17.2 Å². The van der Waals surface area contributed by atoms with E-state index in [2.05, 4.69) is 125 Å². The Morgan fingerprint density at radius 1 is 0.638 bits per heavy atom. The van der Waals surface area contributed by atoms with Gasteiger partial charge in [0.15, 0.2) is 0 Å². The summed E-state index contributed by atoms with van der Waals surface area (Å²) in [4.78, 5) is 4.77. The molecule has 1 aliphatic heterocycles. The van der Waals surface area contributed by atoms with Crippen LogP contribution in [0.1, 0.15) is 31.2 Å². The highest BCUT2D eigenvalue weighted by molar-refractivity contribution is 6.27. The predicted molar refractivity (Wildman–Crippen MR) is 197 cm³/mol. The van der Waals surface area contributed by atoms with Crippen molar-refractivity contribution in [2.45, 2.75) is 25.7 Å². The average molecular weight is 604 g/mol. The molecule has 47 heavy (non-hydrogen) atoms. The van der Waals surface area contributed by atoms with Crippen molar-refractivity contribution >= 4 is 55.1 Å². The smallest absolute Gasteiger partial charge is 0.101 e. The normalized spacial score (nSPS) is 14.6. The number of hydrogen-bond donors (Lipinski definition) is 0. The lowest BCUT2D eigenvalue weighted by Gasteiger charge is -2.35. The first-order valence-corrected chi connectivity index (χ1v) is 16.6. The fourth-order valence-corrected chi connectivity index (χ4v) is 7.89. The number of benzene rings is 7. The fourth-order valence-electron chi connectivity index (χ4n) is 7.89. The zero-order chi connectivity index (χ0) is 31.3. The predicted octanol–water partition coefficient (Wildman–Crippen LogP) is 11.8. The molecule has 0 spiro atoms. The van der Waals surface area contributed by atoms with Gasteiger partial charge in [0.25, 0.3) is 0 Å². The molecule has 0 fully saturated rings. The summed E-state index contributed by atoms with van der Waals surface area (Å²) in [5.41, 5.74) is 10.4. The fraction of sp³-hybridized carbons (Fsp3) is 0.114. The minimum Gasteiger partial charge on any atom is -0.345 e. The lowest BCUT2D eigenvalue weighted by molar-refractivity contribution is 0.692. The third kappa shape index (κ3) is 4.48. The van der Waals surface area contributed by atoms with Crippen LogP contribution in [-0.4, -0.2) is 6.54 Å². The summed E-state index contributed by atoms with van der Waals surface area (Å²) >= 11 is 0. The van der Waals surface area contributed by atoms with Crippen LogP contribution in [0.2, 0.25) is 0 Å². The van der Waals surface area contributed by atoms with Gasteiger partial charge in [-0.3, -0.25) is 0 Å². The van der Waals surface area contributed by atoms with Crippen LogP contribution in [0.5, 0.6) is 0 Å². The molecule has 0 aromatic heterocycles. The quantitative estimate of drug-likeness (QED) is 0.183. The summed E-state index contributed by atoms with van der Waals surface area (Å²) in [5.74, 6) is 0. The average Bonchev–Trinajstić information content (AvgIpc) is 3.15. The number of allylic oxidation sites excluding steroid dienone is 4. The first-order chi connectivity index (χ1) is 23.3. The molecule has 0 saturated carbocycles. The second-order valence-corrected chi connectivity index (χ2v) is 12.6. The molecule has 0 amide bonds. The van der Waals surface area contributed by atoms with Gasteiger partial charge in [0.2, 0.25) is 0 Å². The van der Waals surface area contributed by atoms with Crippen LogP contribution in [0, 0.1) is 11.3 Å². The molecule has 0 unspecified atom stereocenters. The Balaban J connectivity index is 1.20. The van der Waals surface area contributed by atoms with Crippen molar-refractivity contribution in [1.82, 2.24) is 0 Å². The van der Waals surface area contributed by atoms with Crippen molar-refractivity contribution < 1.29 is 0 Å². The Morgan fingerprint density at radius 2 is 1.36 bits per heavy atom. The van der Waals surface area contributed by atoms with Gasteiger partial charge in [-0.25, -0.2) is 0 Å². The Morgan fingerprint density at radius 3 is 2.19 bits per heavy atom. The van der Waals surface area contributed by atoms with Crippen molar-refractivity contribution in [3.63, 3.8) is 0 Å². The van der Waals surface area contributed by atoms with Gasteiger partial charge in [-0.1, -0.05) is 97.1 Å². The van der Waals surface area contributed by atoms with E-state index in [-0.39, 0.29) is 0 Å². The first kappa shape index (κ1) is 27.5. The third-order valence-electron chi connectivity index (χ3n) is 10.0. The van der Waals surface area contributed by atoms with Crippen molar-refractivity contribution in [3.05, 3.63) is 156 Å². The molecule has 3 heteroatoms. The summed E-state index contributed by atoms with van der Waals surface area (Å²) in [7, 11) is 0. The highest BCUT2D eigenvalue weighted by atomic mass is 15.2. The van der Waals surface area contributed by atoms with Crippen LogP contribution in [-0.2, 0) is 0 Å². The van der Waals surface area contributed by atoms with Gasteiger partial charge in [0.1, 0.15) is 6.07 Å². The van der Waals surface area contributed by atoms with Gasteiger partial charge in [0, 0.05) is 29.0 Å². The molecule has 3 nitrogen and oxygen atoms in total. The Labute approximate surface area is 275 Å². The molecule has 0 atom stereocenters. The van der Waals surface area contributed by atoms with Crippen LogP contribution in [0.3, 0.4) is 0 Å². The van der Waals surface area contributed by atoms with Crippen LogP contribution >= 0.6 is 0 Å². The van der Waals surface area contributed by atoms with Gasteiger partial charge in [-0.05, 0) is 112 Å². The standard InChI is InChI=1S/C44H33N3/c45-29-34-10-5-7-15-41(34)47(36-12-2-1-3-13-36)42-27-21-33-19-25-38-37(24-18-32-20-26-39(42)44(33)43(32)38)30-16-22-35(23-17-30)46-28-8-11-31-9-4-6-14-40(31)46/h1-5,7,9-10,12-13,15-27H,6,8,11,14,28H2. The van der Waals surface area contributed by atoms with Gasteiger partial charge in [-0.15, -0.1) is 0 Å². The molecule has 2 aliphatic rings. The lowest BCUT2D eigenvalue weighted by atomic mass is 9.89. The monoisotopic (exact) mass is 603 g/mol. The summed E-state index contributed by atoms with van der Waals surface area (Å²) in [6.07, 6.45) is 9.33. The summed E-state index contributed by atoms with van der Waals surface area (Å²) in [6.45, 7) is 1.09. The zero-order valence-electron chi connectivity index (χ0n) is 26.2. The van der Waals surface area contributed by atoms with Crippen molar-refractivity contribution in [1.29, 1.82) is 5.26 Å². The Bertz CT molecular complexity index is 2390. The van der Waals surface area contributed by atoms with Crippen molar-refractivity contribution in [2.24, 2.45) is 0 Å². The number of anilines is 4. The van der Waals surface area contributed by atoms with Gasteiger partial charge in [-0.2, -0.15) is 5.26 Å². The molecule has 1 heterocycles.